The lowest BCUT2D eigenvalue weighted by molar-refractivity contribution is -0.562. The number of thioether (sulfide) groups is 1. The largest absolute Gasteiger partial charge is 0.437 e. The fourth-order valence-electron chi connectivity index (χ4n) is 1.81. The first-order valence-electron chi connectivity index (χ1n) is 5.53. The van der Waals surface area contributed by atoms with E-state index in [-0.39, 0.29) is 11.4 Å². The van der Waals surface area contributed by atoms with Gasteiger partial charge in [-0.2, -0.15) is 4.58 Å². The summed E-state index contributed by atoms with van der Waals surface area (Å²) < 4.78 is 21.1. The van der Waals surface area contributed by atoms with Crippen molar-refractivity contribution in [2.75, 3.05) is 19.9 Å². The van der Waals surface area contributed by atoms with Gasteiger partial charge in [0.05, 0.1) is 5.56 Å². The van der Waals surface area contributed by atoms with E-state index in [2.05, 4.69) is 18.4 Å². The van der Waals surface area contributed by atoms with Crippen LogP contribution in [0.2, 0.25) is 0 Å². The summed E-state index contributed by atoms with van der Waals surface area (Å²) >= 11 is 1.53. The Kier molecular flexibility index (Phi) is 3.17. The Morgan fingerprint density at radius 1 is 1.41 bits per heavy atom. The Morgan fingerprint density at radius 3 is 2.65 bits per heavy atom. The monoisotopic (exact) mass is 254 g/mol. The van der Waals surface area contributed by atoms with Crippen LogP contribution in [0.5, 0.6) is 0 Å². The molecule has 0 aromatic heterocycles. The number of halogens is 1. The van der Waals surface area contributed by atoms with Gasteiger partial charge in [-0.3, -0.25) is 0 Å². The maximum absolute atomic E-state index is 13.2. The molecular formula is C13H17FNOS+. The highest BCUT2D eigenvalue weighted by Gasteiger charge is 2.40. The van der Waals surface area contributed by atoms with Crippen molar-refractivity contribution in [2.24, 2.45) is 0 Å². The first-order valence-corrected chi connectivity index (χ1v) is 6.75. The minimum absolute atomic E-state index is 0.0145. The van der Waals surface area contributed by atoms with Gasteiger partial charge in [0.15, 0.2) is 12.1 Å². The van der Waals surface area contributed by atoms with Crippen molar-refractivity contribution in [1.82, 2.24) is 0 Å². The summed E-state index contributed by atoms with van der Waals surface area (Å²) in [5, 5.41) is 0. The van der Waals surface area contributed by atoms with Crippen LogP contribution < -0.4 is 0 Å². The van der Waals surface area contributed by atoms with Gasteiger partial charge in [0.1, 0.15) is 12.9 Å². The van der Waals surface area contributed by atoms with Gasteiger partial charge in [-0.15, -0.1) is 11.8 Å². The van der Waals surface area contributed by atoms with Gasteiger partial charge in [-0.25, -0.2) is 4.39 Å². The fourth-order valence-corrected chi connectivity index (χ4v) is 2.42. The van der Waals surface area contributed by atoms with Crippen molar-refractivity contribution in [2.45, 2.75) is 24.3 Å². The van der Waals surface area contributed by atoms with Crippen LogP contribution in [-0.4, -0.2) is 35.9 Å². The Morgan fingerprint density at radius 2 is 2.12 bits per heavy atom. The van der Waals surface area contributed by atoms with Crippen LogP contribution >= 0.6 is 11.8 Å². The van der Waals surface area contributed by atoms with Gasteiger partial charge in [-0.05, 0) is 24.5 Å². The molecule has 92 valence electrons. The van der Waals surface area contributed by atoms with Crippen LogP contribution in [0.15, 0.2) is 23.1 Å². The third-order valence-electron chi connectivity index (χ3n) is 3.17. The molecule has 1 heterocycles. The lowest BCUT2D eigenvalue weighted by Gasteiger charge is -2.09. The van der Waals surface area contributed by atoms with E-state index in [0.717, 1.165) is 16.4 Å². The normalized spacial score (nSPS) is 18.4. The highest BCUT2D eigenvalue weighted by Crippen LogP contribution is 2.26. The van der Waals surface area contributed by atoms with Crippen molar-refractivity contribution >= 4 is 17.7 Å². The molecule has 0 saturated heterocycles. The average Bonchev–Trinajstić information content (AvgIpc) is 2.55. The smallest absolute Gasteiger partial charge is 0.371 e. The quantitative estimate of drug-likeness (QED) is 0.594. The van der Waals surface area contributed by atoms with Gasteiger partial charge < -0.3 is 4.74 Å². The average molecular weight is 254 g/mol. The molecule has 0 amide bonds. The number of ether oxygens (including phenoxy) is 1. The van der Waals surface area contributed by atoms with E-state index in [1.165, 1.54) is 17.8 Å². The van der Waals surface area contributed by atoms with Crippen molar-refractivity contribution in [3.63, 3.8) is 0 Å². The molecule has 0 bridgehead atoms. The SMILES string of the molecule is CSc1cc(F)ccc1C1=[N+](C)C(C)(C)CO1. The van der Waals surface area contributed by atoms with E-state index in [9.17, 15) is 4.39 Å². The Balaban J connectivity index is 2.52. The Hall–Kier alpha value is -1.03. The summed E-state index contributed by atoms with van der Waals surface area (Å²) in [4.78, 5) is 0.907. The summed E-state index contributed by atoms with van der Waals surface area (Å²) in [6.45, 7) is 4.91. The van der Waals surface area contributed by atoms with Crippen LogP contribution in [-0.2, 0) is 4.74 Å². The lowest BCUT2D eigenvalue weighted by Crippen LogP contribution is -2.33. The third kappa shape index (κ3) is 2.18. The number of benzene rings is 1. The van der Waals surface area contributed by atoms with E-state index < -0.39 is 0 Å². The maximum Gasteiger partial charge on any atom is 0.371 e. The molecule has 1 aliphatic rings. The first kappa shape index (κ1) is 12.4. The van der Waals surface area contributed by atoms with Crippen molar-refractivity contribution in [1.29, 1.82) is 0 Å². The van der Waals surface area contributed by atoms with Gasteiger partial charge in [0.25, 0.3) is 0 Å². The second-order valence-corrected chi connectivity index (χ2v) is 5.66. The second-order valence-electron chi connectivity index (χ2n) is 4.81. The van der Waals surface area contributed by atoms with E-state index >= 15 is 0 Å². The highest BCUT2D eigenvalue weighted by atomic mass is 32.2. The zero-order chi connectivity index (χ0) is 12.6. The topological polar surface area (TPSA) is 12.2 Å². The minimum Gasteiger partial charge on any atom is -0.437 e. The molecule has 0 atom stereocenters. The molecule has 0 unspecified atom stereocenters. The molecule has 1 aromatic rings. The molecule has 1 aliphatic heterocycles. The molecule has 2 nitrogen and oxygen atoms in total. The van der Waals surface area contributed by atoms with E-state index in [1.807, 2.05) is 13.3 Å². The molecule has 0 spiro atoms. The number of hydrogen-bond donors (Lipinski definition) is 0. The zero-order valence-corrected chi connectivity index (χ0v) is 11.4. The summed E-state index contributed by atoms with van der Waals surface area (Å²) in [6.07, 6.45) is 1.94. The second kappa shape index (κ2) is 4.33. The van der Waals surface area contributed by atoms with Crippen LogP contribution in [0.25, 0.3) is 0 Å². The number of nitrogens with zero attached hydrogens (tertiary/aromatic N) is 1. The minimum atomic E-state index is -0.210. The number of likely N-dealkylation sites (N-methyl/N-ethyl adjacent to an activating group) is 1. The summed E-state index contributed by atoms with van der Waals surface area (Å²) in [5.74, 6) is 0.623. The zero-order valence-electron chi connectivity index (χ0n) is 10.6. The predicted molar refractivity (Wildman–Crippen MR) is 68.5 cm³/mol. The molecule has 17 heavy (non-hydrogen) atoms. The molecule has 2 rings (SSSR count). The fraction of sp³-hybridized carbons (Fsp3) is 0.462. The van der Waals surface area contributed by atoms with Gasteiger partial charge >= 0.3 is 5.90 Å². The van der Waals surface area contributed by atoms with E-state index in [4.69, 9.17) is 4.74 Å². The van der Waals surface area contributed by atoms with Gasteiger partial charge in [-0.1, -0.05) is 0 Å². The summed E-state index contributed by atoms with van der Waals surface area (Å²) in [7, 11) is 2.01. The molecular weight excluding hydrogens is 237 g/mol. The molecule has 0 radical (unpaired) electrons. The van der Waals surface area contributed by atoms with Crippen LogP contribution in [0.1, 0.15) is 19.4 Å². The molecule has 0 fully saturated rings. The van der Waals surface area contributed by atoms with Gasteiger partial charge in [0, 0.05) is 18.7 Å². The Bertz CT molecular complexity index is 482. The Labute approximate surface area is 105 Å². The van der Waals surface area contributed by atoms with Crippen LogP contribution in [0.3, 0.4) is 0 Å². The molecule has 1 aromatic carbocycles. The summed E-state index contributed by atoms with van der Waals surface area (Å²) in [5.41, 5.74) is 0.950. The molecule has 4 heteroatoms. The standard InChI is InChI=1S/C13H17FNOS/c1-13(2)8-16-12(15(13)3)10-6-5-9(14)7-11(10)17-4/h5-7H,8H2,1-4H3/q+1. The molecule has 0 saturated carbocycles. The summed E-state index contributed by atoms with van der Waals surface area (Å²) in [6, 6.07) is 4.81. The maximum atomic E-state index is 13.2. The predicted octanol–water partition coefficient (Wildman–Crippen LogP) is 2.75. The van der Waals surface area contributed by atoms with Crippen molar-refractivity contribution in [3.05, 3.63) is 29.6 Å². The van der Waals surface area contributed by atoms with E-state index in [1.54, 1.807) is 12.1 Å². The van der Waals surface area contributed by atoms with Crippen molar-refractivity contribution < 1.29 is 13.7 Å². The van der Waals surface area contributed by atoms with Crippen LogP contribution in [0, 0.1) is 5.82 Å². The van der Waals surface area contributed by atoms with Crippen LogP contribution in [0.4, 0.5) is 4.39 Å². The first-order chi connectivity index (χ1) is 7.95. The molecule has 0 aliphatic carbocycles. The van der Waals surface area contributed by atoms with Gasteiger partial charge in [0.2, 0.25) is 0 Å². The third-order valence-corrected chi connectivity index (χ3v) is 3.95. The lowest BCUT2D eigenvalue weighted by atomic mass is 10.1. The van der Waals surface area contributed by atoms with E-state index in [0.29, 0.717) is 6.61 Å². The molecule has 0 N–H and O–H groups in total. The number of rotatable bonds is 2. The highest BCUT2D eigenvalue weighted by molar-refractivity contribution is 7.98. The number of hydrogen-bond acceptors (Lipinski definition) is 2. The van der Waals surface area contributed by atoms with Crippen molar-refractivity contribution in [3.8, 4) is 0 Å².